The molecule has 0 fully saturated rings. The van der Waals surface area contributed by atoms with E-state index in [0.29, 0.717) is 13.2 Å². The number of aryl methyl sites for hydroxylation is 1. The van der Waals surface area contributed by atoms with Crippen LogP contribution in [0.4, 0.5) is 0 Å². The van der Waals surface area contributed by atoms with E-state index in [9.17, 15) is 4.79 Å². The second-order valence-electron chi connectivity index (χ2n) is 7.87. The van der Waals surface area contributed by atoms with Crippen molar-refractivity contribution in [3.05, 3.63) is 59.2 Å². The summed E-state index contributed by atoms with van der Waals surface area (Å²) in [5.74, 6) is 1.40. The Morgan fingerprint density at radius 2 is 1.74 bits per heavy atom. The highest BCUT2D eigenvalue weighted by molar-refractivity contribution is 5.80. The van der Waals surface area contributed by atoms with Gasteiger partial charge in [-0.25, -0.2) is 0 Å². The number of hydrogen-bond donors (Lipinski definition) is 1. The summed E-state index contributed by atoms with van der Waals surface area (Å²) in [5.41, 5.74) is 3.59. The summed E-state index contributed by atoms with van der Waals surface area (Å²) < 4.78 is 11.5. The lowest BCUT2D eigenvalue weighted by molar-refractivity contribution is -0.127. The fraction of sp³-hybridized carbons (Fsp3) is 0.435. The Labute approximate surface area is 162 Å². The van der Waals surface area contributed by atoms with Gasteiger partial charge in [0.2, 0.25) is 0 Å². The predicted molar refractivity (Wildman–Crippen MR) is 110 cm³/mol. The number of hydrogen-bond acceptors (Lipinski definition) is 3. The van der Waals surface area contributed by atoms with Gasteiger partial charge in [0.15, 0.2) is 6.10 Å². The average Bonchev–Trinajstić information content (AvgIpc) is 2.62. The molecular formula is C23H31NO3. The first-order valence-electron chi connectivity index (χ1n) is 9.42. The molecule has 1 amide bonds. The largest absolute Gasteiger partial charge is 0.492 e. The van der Waals surface area contributed by atoms with Crippen LogP contribution in [0.2, 0.25) is 0 Å². The van der Waals surface area contributed by atoms with Crippen molar-refractivity contribution in [3.8, 4) is 11.5 Å². The molecular weight excluding hydrogens is 338 g/mol. The lowest BCUT2D eigenvalue weighted by Gasteiger charge is -2.19. The van der Waals surface area contributed by atoms with E-state index in [4.69, 9.17) is 9.47 Å². The number of carbonyl (C=O) groups excluding carboxylic acids is 1. The third kappa shape index (κ3) is 6.02. The Kier molecular flexibility index (Phi) is 6.89. The van der Waals surface area contributed by atoms with Crippen molar-refractivity contribution in [2.24, 2.45) is 0 Å². The molecule has 0 bridgehead atoms. The molecule has 0 saturated heterocycles. The maximum Gasteiger partial charge on any atom is 0.260 e. The second-order valence-corrected chi connectivity index (χ2v) is 7.87. The van der Waals surface area contributed by atoms with Crippen LogP contribution in [0.3, 0.4) is 0 Å². The van der Waals surface area contributed by atoms with Crippen LogP contribution in [0.1, 0.15) is 44.4 Å². The van der Waals surface area contributed by atoms with Gasteiger partial charge >= 0.3 is 0 Å². The van der Waals surface area contributed by atoms with Gasteiger partial charge in [0.1, 0.15) is 18.1 Å². The minimum Gasteiger partial charge on any atom is -0.492 e. The molecule has 0 aromatic heterocycles. The second kappa shape index (κ2) is 8.94. The van der Waals surface area contributed by atoms with Crippen LogP contribution >= 0.6 is 0 Å². The van der Waals surface area contributed by atoms with E-state index in [0.717, 1.165) is 22.6 Å². The van der Waals surface area contributed by atoms with Crippen molar-refractivity contribution in [3.63, 3.8) is 0 Å². The Balaban J connectivity index is 1.76. The first-order chi connectivity index (χ1) is 12.7. The van der Waals surface area contributed by atoms with Crippen LogP contribution < -0.4 is 14.8 Å². The lowest BCUT2D eigenvalue weighted by Crippen LogP contribution is -2.38. The molecule has 2 rings (SSSR count). The molecule has 0 heterocycles. The Hall–Kier alpha value is -2.49. The maximum absolute atomic E-state index is 12.2. The van der Waals surface area contributed by atoms with Crippen molar-refractivity contribution in [2.75, 3.05) is 13.2 Å². The third-order valence-corrected chi connectivity index (χ3v) is 4.62. The van der Waals surface area contributed by atoms with Gasteiger partial charge in [-0.1, -0.05) is 45.0 Å². The molecule has 1 unspecified atom stereocenters. The monoisotopic (exact) mass is 369 g/mol. The summed E-state index contributed by atoms with van der Waals surface area (Å²) in [6, 6.07) is 13.9. The average molecular weight is 370 g/mol. The molecule has 27 heavy (non-hydrogen) atoms. The lowest BCUT2D eigenvalue weighted by atomic mass is 9.87. The first-order valence-corrected chi connectivity index (χ1v) is 9.42. The third-order valence-electron chi connectivity index (χ3n) is 4.62. The zero-order chi connectivity index (χ0) is 20.0. The fourth-order valence-electron chi connectivity index (χ4n) is 2.63. The minimum absolute atomic E-state index is 0.123. The zero-order valence-electron chi connectivity index (χ0n) is 17.3. The molecule has 0 radical (unpaired) electrons. The number of nitrogens with one attached hydrogen (secondary N) is 1. The van der Waals surface area contributed by atoms with E-state index in [2.05, 4.69) is 38.2 Å². The van der Waals surface area contributed by atoms with Crippen LogP contribution in [0.25, 0.3) is 0 Å². The molecule has 1 N–H and O–H groups in total. The number of ether oxygens (including phenoxy) is 2. The molecule has 4 nitrogen and oxygen atoms in total. The maximum atomic E-state index is 12.2. The van der Waals surface area contributed by atoms with Gasteiger partial charge in [-0.15, -0.1) is 0 Å². The predicted octanol–water partition coefficient (Wildman–Crippen LogP) is 4.56. The van der Waals surface area contributed by atoms with Crippen LogP contribution in [0, 0.1) is 13.8 Å². The SMILES string of the molecule is Cc1cccc(OC(C)C(=O)NCCOc2ccc(C(C)(C)C)cc2)c1C. The van der Waals surface area contributed by atoms with Gasteiger partial charge in [-0.2, -0.15) is 0 Å². The van der Waals surface area contributed by atoms with Crippen LogP contribution in [-0.4, -0.2) is 25.2 Å². The van der Waals surface area contributed by atoms with E-state index >= 15 is 0 Å². The number of benzene rings is 2. The van der Waals surface area contributed by atoms with Crippen molar-refractivity contribution >= 4 is 5.91 Å². The van der Waals surface area contributed by atoms with Gasteiger partial charge < -0.3 is 14.8 Å². The smallest absolute Gasteiger partial charge is 0.260 e. The molecule has 1 atom stereocenters. The first kappa shape index (κ1) is 20.8. The standard InChI is InChI=1S/C23H31NO3/c1-16-8-7-9-21(17(16)2)27-18(3)22(25)24-14-15-26-20-12-10-19(11-13-20)23(4,5)6/h7-13,18H,14-15H2,1-6H3,(H,24,25). The summed E-state index contributed by atoms with van der Waals surface area (Å²) in [6.45, 7) is 13.2. The molecule has 2 aromatic rings. The fourth-order valence-corrected chi connectivity index (χ4v) is 2.63. The summed E-state index contributed by atoms with van der Waals surface area (Å²) >= 11 is 0. The molecule has 0 saturated carbocycles. The number of amides is 1. The Bertz CT molecular complexity index is 760. The zero-order valence-corrected chi connectivity index (χ0v) is 17.3. The molecule has 0 spiro atoms. The van der Waals surface area contributed by atoms with Crippen LogP contribution in [0.5, 0.6) is 11.5 Å². The van der Waals surface area contributed by atoms with E-state index in [1.165, 1.54) is 5.56 Å². The highest BCUT2D eigenvalue weighted by Crippen LogP contribution is 2.24. The van der Waals surface area contributed by atoms with Gasteiger partial charge in [-0.3, -0.25) is 4.79 Å². The van der Waals surface area contributed by atoms with Crippen LogP contribution in [-0.2, 0) is 10.2 Å². The van der Waals surface area contributed by atoms with E-state index in [-0.39, 0.29) is 11.3 Å². The summed E-state index contributed by atoms with van der Waals surface area (Å²) in [7, 11) is 0. The van der Waals surface area contributed by atoms with Gasteiger partial charge in [0, 0.05) is 0 Å². The molecule has 0 aliphatic carbocycles. The quantitative estimate of drug-likeness (QED) is 0.728. The van der Waals surface area contributed by atoms with E-state index < -0.39 is 6.10 Å². The Morgan fingerprint density at radius 3 is 2.37 bits per heavy atom. The van der Waals surface area contributed by atoms with Crippen molar-refractivity contribution in [1.29, 1.82) is 0 Å². The van der Waals surface area contributed by atoms with Crippen LogP contribution in [0.15, 0.2) is 42.5 Å². The highest BCUT2D eigenvalue weighted by Gasteiger charge is 2.16. The number of rotatable bonds is 7. The van der Waals surface area contributed by atoms with E-state index in [1.807, 2.05) is 44.2 Å². The molecule has 0 aliphatic heterocycles. The summed E-state index contributed by atoms with van der Waals surface area (Å²) in [5, 5.41) is 2.85. The van der Waals surface area contributed by atoms with E-state index in [1.54, 1.807) is 6.92 Å². The summed E-state index contributed by atoms with van der Waals surface area (Å²) in [4.78, 5) is 12.2. The number of carbonyl (C=O) groups is 1. The topological polar surface area (TPSA) is 47.6 Å². The Morgan fingerprint density at radius 1 is 1.07 bits per heavy atom. The molecule has 146 valence electrons. The summed E-state index contributed by atoms with van der Waals surface area (Å²) in [6.07, 6.45) is -0.559. The van der Waals surface area contributed by atoms with Crippen molar-refractivity contribution in [2.45, 2.75) is 53.1 Å². The highest BCUT2D eigenvalue weighted by atomic mass is 16.5. The molecule has 0 aliphatic rings. The van der Waals surface area contributed by atoms with Gasteiger partial charge in [0.25, 0.3) is 5.91 Å². The minimum atomic E-state index is -0.559. The normalized spacial score (nSPS) is 12.4. The van der Waals surface area contributed by atoms with Gasteiger partial charge in [0.05, 0.1) is 6.54 Å². The van der Waals surface area contributed by atoms with Crippen molar-refractivity contribution in [1.82, 2.24) is 5.32 Å². The molecule has 2 aromatic carbocycles. The van der Waals surface area contributed by atoms with Crippen molar-refractivity contribution < 1.29 is 14.3 Å². The van der Waals surface area contributed by atoms with Gasteiger partial charge in [-0.05, 0) is 61.1 Å². The molecule has 4 heteroatoms.